The number of rotatable bonds is 3. The van der Waals surface area contributed by atoms with E-state index in [4.69, 9.17) is 4.42 Å². The van der Waals surface area contributed by atoms with Crippen LogP contribution in [0.4, 0.5) is 4.79 Å². The Bertz CT molecular complexity index is 744. The van der Waals surface area contributed by atoms with Crippen LogP contribution in [0.25, 0.3) is 0 Å². The van der Waals surface area contributed by atoms with E-state index < -0.39 is 0 Å². The first-order valence-corrected chi connectivity index (χ1v) is 8.32. The van der Waals surface area contributed by atoms with Gasteiger partial charge in [-0.3, -0.25) is 4.68 Å². The summed E-state index contributed by atoms with van der Waals surface area (Å²) >= 11 is 0. The predicted molar refractivity (Wildman–Crippen MR) is 91.5 cm³/mol. The topological polar surface area (TPSA) is 63.3 Å². The molecule has 0 saturated carbocycles. The van der Waals surface area contributed by atoms with E-state index in [1.165, 1.54) is 0 Å². The third-order valence-corrected chi connectivity index (χ3v) is 4.56. The van der Waals surface area contributed by atoms with Crippen molar-refractivity contribution in [3.63, 3.8) is 0 Å². The van der Waals surface area contributed by atoms with Gasteiger partial charge in [0.2, 0.25) is 0 Å². The average Bonchev–Trinajstić information content (AvgIpc) is 3.02. The number of hydrogen-bond acceptors (Lipinski definition) is 3. The van der Waals surface area contributed by atoms with Crippen LogP contribution in [0, 0.1) is 12.3 Å². The normalized spacial score (nSPS) is 19.0. The number of carbonyl (C=O) groups is 1. The minimum atomic E-state index is -0.0774. The summed E-state index contributed by atoms with van der Waals surface area (Å²) in [4.78, 5) is 14.3. The van der Waals surface area contributed by atoms with Gasteiger partial charge in [0, 0.05) is 37.8 Å². The molecule has 3 rings (SSSR count). The van der Waals surface area contributed by atoms with E-state index in [1.54, 1.807) is 22.8 Å². The van der Waals surface area contributed by atoms with Crippen LogP contribution in [0.15, 0.2) is 22.9 Å². The Kier molecular flexibility index (Phi) is 4.15. The summed E-state index contributed by atoms with van der Waals surface area (Å²) < 4.78 is 7.58. The van der Waals surface area contributed by atoms with Gasteiger partial charge in [-0.1, -0.05) is 13.8 Å². The number of carbonyl (C=O) groups excluding carboxylic acids is 1. The standard InChI is InChI=1S/C18H26N4O2/c1-12-6-14-15(7-18(2,3)8-16(14)24-12)20-17(23)21(4)10-13-9-19-22(5)11-13/h6,9,11,15H,7-8,10H2,1-5H3,(H,20,23)/t15-/m1/s1. The first-order chi connectivity index (χ1) is 11.2. The zero-order valence-corrected chi connectivity index (χ0v) is 15.1. The summed E-state index contributed by atoms with van der Waals surface area (Å²) in [7, 11) is 3.67. The number of aromatic nitrogens is 2. The first kappa shape index (κ1) is 16.6. The van der Waals surface area contributed by atoms with E-state index in [2.05, 4.69) is 30.3 Å². The summed E-state index contributed by atoms with van der Waals surface area (Å²) in [5.41, 5.74) is 2.24. The molecule has 0 saturated heterocycles. The van der Waals surface area contributed by atoms with Crippen molar-refractivity contribution >= 4 is 6.03 Å². The Morgan fingerprint density at radius 3 is 2.96 bits per heavy atom. The third-order valence-electron chi connectivity index (χ3n) is 4.56. The maximum absolute atomic E-state index is 12.6. The molecule has 0 aliphatic heterocycles. The monoisotopic (exact) mass is 330 g/mol. The number of fused-ring (bicyclic) bond motifs is 1. The molecule has 0 aromatic carbocycles. The van der Waals surface area contributed by atoms with Crippen LogP contribution >= 0.6 is 0 Å². The Hall–Kier alpha value is -2.24. The van der Waals surface area contributed by atoms with E-state index in [1.807, 2.05) is 20.2 Å². The molecule has 24 heavy (non-hydrogen) atoms. The summed E-state index contributed by atoms with van der Waals surface area (Å²) in [5.74, 6) is 1.91. The summed E-state index contributed by atoms with van der Waals surface area (Å²) in [5, 5.41) is 7.31. The van der Waals surface area contributed by atoms with Crippen LogP contribution in [-0.2, 0) is 20.0 Å². The average molecular weight is 330 g/mol. The van der Waals surface area contributed by atoms with Crippen molar-refractivity contribution in [3.05, 3.63) is 41.1 Å². The van der Waals surface area contributed by atoms with Crippen LogP contribution in [0.2, 0.25) is 0 Å². The van der Waals surface area contributed by atoms with E-state index in [9.17, 15) is 4.79 Å². The molecule has 0 bridgehead atoms. The largest absolute Gasteiger partial charge is 0.466 e. The zero-order valence-electron chi connectivity index (χ0n) is 15.1. The van der Waals surface area contributed by atoms with Gasteiger partial charge in [0.25, 0.3) is 0 Å². The molecular formula is C18H26N4O2. The van der Waals surface area contributed by atoms with Gasteiger partial charge < -0.3 is 14.6 Å². The molecule has 6 heteroatoms. The van der Waals surface area contributed by atoms with Gasteiger partial charge in [-0.2, -0.15) is 5.10 Å². The Morgan fingerprint density at radius 1 is 1.54 bits per heavy atom. The van der Waals surface area contributed by atoms with Gasteiger partial charge in [-0.15, -0.1) is 0 Å². The van der Waals surface area contributed by atoms with Gasteiger partial charge in [-0.25, -0.2) is 4.79 Å². The molecule has 0 fully saturated rings. The van der Waals surface area contributed by atoms with Crippen LogP contribution in [-0.4, -0.2) is 27.8 Å². The van der Waals surface area contributed by atoms with Crippen LogP contribution in [0.3, 0.4) is 0 Å². The smallest absolute Gasteiger partial charge is 0.317 e. The molecule has 1 aliphatic rings. The number of furan rings is 1. The maximum atomic E-state index is 12.6. The van der Waals surface area contributed by atoms with E-state index >= 15 is 0 Å². The lowest BCUT2D eigenvalue weighted by molar-refractivity contribution is 0.188. The molecule has 1 aliphatic carbocycles. The molecule has 1 atom stereocenters. The Morgan fingerprint density at radius 2 is 2.29 bits per heavy atom. The number of aryl methyl sites for hydroxylation is 2. The minimum Gasteiger partial charge on any atom is -0.466 e. The molecule has 2 aromatic heterocycles. The van der Waals surface area contributed by atoms with Crippen LogP contribution < -0.4 is 5.32 Å². The molecular weight excluding hydrogens is 304 g/mol. The van der Waals surface area contributed by atoms with Crippen LogP contribution in [0.1, 0.15) is 49.0 Å². The Balaban J connectivity index is 1.71. The van der Waals surface area contributed by atoms with E-state index in [0.717, 1.165) is 35.5 Å². The second-order valence-corrected chi connectivity index (χ2v) is 7.66. The molecule has 2 aromatic rings. The molecule has 0 spiro atoms. The number of urea groups is 1. The summed E-state index contributed by atoms with van der Waals surface area (Å²) in [6, 6.07) is 1.97. The summed E-state index contributed by atoms with van der Waals surface area (Å²) in [6.07, 6.45) is 5.52. The Labute approximate surface area is 142 Å². The van der Waals surface area contributed by atoms with Gasteiger partial charge >= 0.3 is 6.03 Å². The fraction of sp³-hybridized carbons (Fsp3) is 0.556. The van der Waals surface area contributed by atoms with Gasteiger partial charge in [0.05, 0.1) is 18.8 Å². The third kappa shape index (κ3) is 3.47. The summed E-state index contributed by atoms with van der Waals surface area (Å²) in [6.45, 7) is 6.92. The molecule has 1 N–H and O–H groups in total. The number of nitrogens with one attached hydrogen (secondary N) is 1. The van der Waals surface area contributed by atoms with Crippen molar-refractivity contribution in [3.8, 4) is 0 Å². The van der Waals surface area contributed by atoms with Crippen LogP contribution in [0.5, 0.6) is 0 Å². The van der Waals surface area contributed by atoms with Crippen molar-refractivity contribution < 1.29 is 9.21 Å². The maximum Gasteiger partial charge on any atom is 0.317 e. The predicted octanol–water partition coefficient (Wildman–Crippen LogP) is 3.18. The van der Waals surface area contributed by atoms with Crippen molar-refractivity contribution in [1.82, 2.24) is 20.0 Å². The molecule has 6 nitrogen and oxygen atoms in total. The highest BCUT2D eigenvalue weighted by atomic mass is 16.3. The number of hydrogen-bond donors (Lipinski definition) is 1. The highest BCUT2D eigenvalue weighted by Gasteiger charge is 2.35. The molecule has 2 heterocycles. The van der Waals surface area contributed by atoms with Crippen molar-refractivity contribution in [2.75, 3.05) is 7.05 Å². The van der Waals surface area contributed by atoms with Crippen molar-refractivity contribution in [2.24, 2.45) is 12.5 Å². The highest BCUT2D eigenvalue weighted by Crippen LogP contribution is 2.42. The quantitative estimate of drug-likeness (QED) is 0.940. The minimum absolute atomic E-state index is 0.00921. The zero-order chi connectivity index (χ0) is 17.5. The van der Waals surface area contributed by atoms with Crippen molar-refractivity contribution in [1.29, 1.82) is 0 Å². The molecule has 2 amide bonds. The first-order valence-electron chi connectivity index (χ1n) is 8.32. The highest BCUT2D eigenvalue weighted by molar-refractivity contribution is 5.74. The fourth-order valence-electron chi connectivity index (χ4n) is 3.47. The number of nitrogens with zero attached hydrogens (tertiary/aromatic N) is 3. The van der Waals surface area contributed by atoms with Gasteiger partial charge in [0.15, 0.2) is 0 Å². The lowest BCUT2D eigenvalue weighted by Crippen LogP contribution is -2.42. The fourth-order valence-corrected chi connectivity index (χ4v) is 3.47. The van der Waals surface area contributed by atoms with Gasteiger partial charge in [0.1, 0.15) is 11.5 Å². The van der Waals surface area contributed by atoms with E-state index in [0.29, 0.717) is 6.54 Å². The van der Waals surface area contributed by atoms with E-state index in [-0.39, 0.29) is 17.5 Å². The molecule has 130 valence electrons. The molecule has 0 unspecified atom stereocenters. The second-order valence-electron chi connectivity index (χ2n) is 7.66. The van der Waals surface area contributed by atoms with Crippen molar-refractivity contribution in [2.45, 2.75) is 46.2 Å². The number of amides is 2. The van der Waals surface area contributed by atoms with Gasteiger partial charge in [-0.05, 0) is 24.8 Å². The molecule has 0 radical (unpaired) electrons. The SMILES string of the molecule is Cc1cc2c(o1)CC(C)(C)C[C@H]2NC(=O)N(C)Cc1cnn(C)c1. The second kappa shape index (κ2) is 6.00. The lowest BCUT2D eigenvalue weighted by atomic mass is 9.75. The lowest BCUT2D eigenvalue weighted by Gasteiger charge is -2.35.